The van der Waals surface area contributed by atoms with Crippen LogP contribution in [0.1, 0.15) is 6.92 Å². The Hall–Kier alpha value is 0.646. The van der Waals surface area contributed by atoms with Gasteiger partial charge >= 0.3 is 51.4 Å². The van der Waals surface area contributed by atoms with E-state index in [2.05, 4.69) is 0 Å². The Morgan fingerprint density at radius 3 is 1.75 bits per heavy atom. The van der Waals surface area contributed by atoms with Crippen LogP contribution in [0.15, 0.2) is 0 Å². The minimum absolute atomic E-state index is 0. The van der Waals surface area contributed by atoms with Gasteiger partial charge in [-0.3, -0.25) is 14.4 Å². The summed E-state index contributed by atoms with van der Waals surface area (Å²) >= 11 is 0. The second-order valence-electron chi connectivity index (χ2n) is 1.04. The van der Waals surface area contributed by atoms with Crippen LogP contribution >= 0.6 is 0 Å². The molecule has 0 aliphatic carbocycles. The molecule has 0 aromatic carbocycles. The van der Waals surface area contributed by atoms with E-state index >= 15 is 0 Å². The Balaban J connectivity index is 0. The normalized spacial score (nSPS) is 6.62. The Kier molecular flexibility index (Phi) is 8.26. The summed E-state index contributed by atoms with van der Waals surface area (Å²) in [6.07, 6.45) is 0.00231. The van der Waals surface area contributed by atoms with Gasteiger partial charge in [-0.05, 0) is 0 Å². The molecule has 0 aromatic rings. The van der Waals surface area contributed by atoms with E-state index in [1.165, 1.54) is 0 Å². The van der Waals surface area contributed by atoms with Gasteiger partial charge in [0.15, 0.2) is 6.29 Å². The average Bonchev–Trinajstić information content (AvgIpc) is 1.65. The number of rotatable bonds is 2. The van der Waals surface area contributed by atoms with Gasteiger partial charge in [0.05, 0.1) is 0 Å². The molecular formula is C4H5KO3. The van der Waals surface area contributed by atoms with E-state index in [-0.39, 0.29) is 57.7 Å². The van der Waals surface area contributed by atoms with Crippen molar-refractivity contribution in [3.8, 4) is 0 Å². The summed E-state index contributed by atoms with van der Waals surface area (Å²) in [4.78, 5) is 29.0. The molecule has 8 heavy (non-hydrogen) atoms. The third kappa shape index (κ3) is 4.80. The van der Waals surface area contributed by atoms with Gasteiger partial charge < -0.3 is 0 Å². The molecule has 0 atom stereocenters. The van der Waals surface area contributed by atoms with Crippen LogP contribution in [-0.4, -0.2) is 69.2 Å². The summed E-state index contributed by atoms with van der Waals surface area (Å²) in [5.41, 5.74) is 0. The zero-order valence-electron chi connectivity index (χ0n) is 3.80. The minimum atomic E-state index is -0.972. The van der Waals surface area contributed by atoms with Gasteiger partial charge in [0, 0.05) is 6.92 Å². The summed E-state index contributed by atoms with van der Waals surface area (Å²) < 4.78 is 0. The van der Waals surface area contributed by atoms with Crippen LogP contribution in [0.3, 0.4) is 0 Å². The standard InChI is InChI=1S/C4H4O3.K.H/c1-3(6)4(7)2-5;;/h2H,1H3;;. The van der Waals surface area contributed by atoms with Crippen molar-refractivity contribution in [2.24, 2.45) is 0 Å². The molecule has 0 spiro atoms. The first-order valence-electron chi connectivity index (χ1n) is 1.68. The molecule has 0 saturated carbocycles. The van der Waals surface area contributed by atoms with Crippen molar-refractivity contribution in [2.75, 3.05) is 0 Å². The molecule has 0 aliphatic rings. The molecule has 0 aromatic heterocycles. The SMILES string of the molecule is CC(=O)C(=O)C=O.[KH]. The van der Waals surface area contributed by atoms with Gasteiger partial charge in [0.1, 0.15) is 0 Å². The van der Waals surface area contributed by atoms with Crippen molar-refractivity contribution in [1.29, 1.82) is 0 Å². The third-order valence-corrected chi connectivity index (χ3v) is 0.454. The number of carbonyl (C=O) groups is 3. The van der Waals surface area contributed by atoms with Crippen molar-refractivity contribution in [3.63, 3.8) is 0 Å². The topological polar surface area (TPSA) is 51.2 Å². The molecule has 0 aliphatic heterocycles. The van der Waals surface area contributed by atoms with Gasteiger partial charge in [-0.1, -0.05) is 0 Å². The van der Waals surface area contributed by atoms with Crippen LogP contribution in [0.5, 0.6) is 0 Å². The Labute approximate surface area is 89.2 Å². The number of hydrogen-bond acceptors (Lipinski definition) is 3. The number of hydrogen-bond donors (Lipinski definition) is 0. The Morgan fingerprint density at radius 2 is 1.75 bits per heavy atom. The fraction of sp³-hybridized carbons (Fsp3) is 0.250. The molecule has 3 nitrogen and oxygen atoms in total. The van der Waals surface area contributed by atoms with E-state index in [9.17, 15) is 14.4 Å². The van der Waals surface area contributed by atoms with Gasteiger partial charge in [0.25, 0.3) is 5.78 Å². The molecule has 4 heteroatoms. The summed E-state index contributed by atoms with van der Waals surface area (Å²) in [6, 6.07) is 0. The molecule has 0 unspecified atom stereocenters. The van der Waals surface area contributed by atoms with E-state index in [1.807, 2.05) is 0 Å². The Morgan fingerprint density at radius 1 is 1.38 bits per heavy atom. The summed E-state index contributed by atoms with van der Waals surface area (Å²) in [7, 11) is 0. The molecule has 0 heterocycles. The fourth-order valence-corrected chi connectivity index (χ4v) is 0.0830. The van der Waals surface area contributed by atoms with Crippen molar-refractivity contribution >= 4 is 69.2 Å². The quantitative estimate of drug-likeness (QED) is 0.207. The molecule has 0 bridgehead atoms. The van der Waals surface area contributed by atoms with Crippen LogP contribution in [0.25, 0.3) is 0 Å². The average molecular weight is 140 g/mol. The van der Waals surface area contributed by atoms with Crippen LogP contribution in [0.4, 0.5) is 0 Å². The predicted molar refractivity (Wildman–Crippen MR) is 28.9 cm³/mol. The molecule has 0 amide bonds. The molecule has 0 rings (SSSR count). The van der Waals surface area contributed by atoms with Gasteiger partial charge in [0.2, 0.25) is 5.78 Å². The van der Waals surface area contributed by atoms with E-state index in [1.54, 1.807) is 0 Å². The molecular weight excluding hydrogens is 135 g/mol. The maximum atomic E-state index is 9.79. The van der Waals surface area contributed by atoms with E-state index in [4.69, 9.17) is 0 Å². The second-order valence-corrected chi connectivity index (χ2v) is 1.04. The zero-order valence-corrected chi connectivity index (χ0v) is 3.80. The maximum absolute atomic E-state index is 9.79. The van der Waals surface area contributed by atoms with E-state index in [0.717, 1.165) is 6.92 Å². The molecule has 0 fully saturated rings. The Bertz CT molecular complexity index is 118. The number of ketones is 2. The van der Waals surface area contributed by atoms with Crippen LogP contribution in [-0.2, 0) is 14.4 Å². The summed E-state index contributed by atoms with van der Waals surface area (Å²) in [5.74, 6) is -1.69. The van der Waals surface area contributed by atoms with Crippen LogP contribution < -0.4 is 0 Å². The number of carbonyl (C=O) groups excluding carboxylic acids is 3. The number of Topliss-reactive ketones (excluding diaryl/α,β-unsaturated/α-hetero) is 2. The monoisotopic (exact) mass is 140 g/mol. The van der Waals surface area contributed by atoms with Gasteiger partial charge in [-0.2, -0.15) is 0 Å². The first-order valence-corrected chi connectivity index (χ1v) is 1.68. The first-order chi connectivity index (χ1) is 3.18. The van der Waals surface area contributed by atoms with Crippen LogP contribution in [0, 0.1) is 0 Å². The summed E-state index contributed by atoms with van der Waals surface area (Å²) in [6.45, 7) is 1.05. The third-order valence-electron chi connectivity index (χ3n) is 0.454. The molecule has 40 valence electrons. The molecule has 0 radical (unpaired) electrons. The molecule has 0 saturated heterocycles. The second kappa shape index (κ2) is 5.78. The van der Waals surface area contributed by atoms with Crippen molar-refractivity contribution in [2.45, 2.75) is 6.92 Å². The fourth-order valence-electron chi connectivity index (χ4n) is 0.0830. The summed E-state index contributed by atoms with van der Waals surface area (Å²) in [5, 5.41) is 0. The van der Waals surface area contributed by atoms with Crippen molar-refractivity contribution in [1.82, 2.24) is 0 Å². The van der Waals surface area contributed by atoms with Gasteiger partial charge in [-0.25, -0.2) is 0 Å². The number of aldehydes is 1. The zero-order chi connectivity index (χ0) is 5.86. The van der Waals surface area contributed by atoms with E-state index < -0.39 is 11.6 Å². The van der Waals surface area contributed by atoms with Gasteiger partial charge in [-0.15, -0.1) is 0 Å². The predicted octanol–water partition coefficient (Wildman–Crippen LogP) is -1.31. The van der Waals surface area contributed by atoms with Crippen LogP contribution in [0.2, 0.25) is 0 Å². The van der Waals surface area contributed by atoms with E-state index in [0.29, 0.717) is 0 Å². The first kappa shape index (κ1) is 11.4. The molecule has 0 N–H and O–H groups in total. The van der Waals surface area contributed by atoms with Crippen molar-refractivity contribution < 1.29 is 14.4 Å². The van der Waals surface area contributed by atoms with Crippen molar-refractivity contribution in [3.05, 3.63) is 0 Å².